The second-order valence-corrected chi connectivity index (χ2v) is 8.69. The largest absolute Gasteiger partial charge is 0.573 e. The van der Waals surface area contributed by atoms with Crippen LogP contribution in [0, 0.1) is 17.8 Å². The summed E-state index contributed by atoms with van der Waals surface area (Å²) >= 11 is 0. The summed E-state index contributed by atoms with van der Waals surface area (Å²) < 4.78 is 49.3. The van der Waals surface area contributed by atoms with Crippen LogP contribution < -0.4 is 15.4 Å². The van der Waals surface area contributed by atoms with Gasteiger partial charge in [0.25, 0.3) is 0 Å². The normalized spacial score (nSPS) is 21.4. The van der Waals surface area contributed by atoms with Gasteiger partial charge in [-0.3, -0.25) is 14.3 Å². The van der Waals surface area contributed by atoms with Gasteiger partial charge in [-0.15, -0.1) is 13.2 Å². The van der Waals surface area contributed by atoms with Crippen molar-refractivity contribution in [3.63, 3.8) is 0 Å². The Bertz CT molecular complexity index is 1030. The molecule has 2 aromatic rings. The number of benzene rings is 1. The summed E-state index contributed by atoms with van der Waals surface area (Å²) in [6, 6.07) is 7.29. The van der Waals surface area contributed by atoms with Crippen molar-refractivity contribution in [3.05, 3.63) is 30.3 Å². The molecule has 2 amide bonds. The molecule has 0 spiro atoms. The Morgan fingerprint density at radius 2 is 2.06 bits per heavy atom. The number of hydrogen-bond acceptors (Lipinski definition) is 5. The third kappa shape index (κ3) is 5.88. The highest BCUT2D eigenvalue weighted by Crippen LogP contribution is 2.31. The van der Waals surface area contributed by atoms with Crippen molar-refractivity contribution < 1.29 is 32.2 Å². The summed E-state index contributed by atoms with van der Waals surface area (Å²) in [7, 11) is 0. The SMILES string of the molecule is CC1C(=O)NC[C@@H]1C(=O)Nc1cc(-c2cccc(OC(F)(F)F)c2)n(CCC2CCOCC2)n1. The maximum Gasteiger partial charge on any atom is 0.573 e. The highest BCUT2D eigenvalue weighted by atomic mass is 19.4. The van der Waals surface area contributed by atoms with E-state index >= 15 is 0 Å². The van der Waals surface area contributed by atoms with E-state index in [4.69, 9.17) is 4.74 Å². The quantitative estimate of drug-likeness (QED) is 0.632. The molecule has 34 heavy (non-hydrogen) atoms. The maximum absolute atomic E-state index is 12.7. The molecule has 11 heteroatoms. The fourth-order valence-corrected chi connectivity index (χ4v) is 4.34. The lowest BCUT2D eigenvalue weighted by Crippen LogP contribution is -2.28. The van der Waals surface area contributed by atoms with E-state index in [0.717, 1.165) is 19.3 Å². The van der Waals surface area contributed by atoms with E-state index in [2.05, 4.69) is 20.5 Å². The van der Waals surface area contributed by atoms with Gasteiger partial charge in [-0.05, 0) is 37.3 Å². The Hall–Kier alpha value is -3.08. The number of rotatable bonds is 7. The van der Waals surface area contributed by atoms with Crippen LogP contribution in [0.2, 0.25) is 0 Å². The molecule has 4 rings (SSSR count). The summed E-state index contributed by atoms with van der Waals surface area (Å²) in [4.78, 5) is 24.5. The number of aromatic nitrogens is 2. The van der Waals surface area contributed by atoms with E-state index in [0.29, 0.717) is 36.9 Å². The van der Waals surface area contributed by atoms with Gasteiger partial charge in [0.15, 0.2) is 5.82 Å². The minimum atomic E-state index is -4.80. The number of ether oxygens (including phenoxy) is 2. The van der Waals surface area contributed by atoms with Gasteiger partial charge in [0.1, 0.15) is 5.75 Å². The van der Waals surface area contributed by atoms with E-state index in [9.17, 15) is 22.8 Å². The average molecular weight is 480 g/mol. The third-order valence-corrected chi connectivity index (χ3v) is 6.33. The predicted molar refractivity (Wildman–Crippen MR) is 117 cm³/mol. The monoisotopic (exact) mass is 480 g/mol. The molecule has 1 unspecified atom stereocenters. The van der Waals surface area contributed by atoms with Crippen LogP contribution in [0.3, 0.4) is 0 Å². The van der Waals surface area contributed by atoms with Crippen LogP contribution in [0.25, 0.3) is 11.3 Å². The zero-order valence-corrected chi connectivity index (χ0v) is 18.7. The zero-order chi connectivity index (χ0) is 24.3. The van der Waals surface area contributed by atoms with Gasteiger partial charge in [-0.25, -0.2) is 0 Å². The van der Waals surface area contributed by atoms with Crippen molar-refractivity contribution in [1.29, 1.82) is 0 Å². The smallest absolute Gasteiger partial charge is 0.406 e. The van der Waals surface area contributed by atoms with E-state index in [1.807, 2.05) is 0 Å². The first-order valence-corrected chi connectivity index (χ1v) is 11.3. The lowest BCUT2D eigenvalue weighted by Gasteiger charge is -2.22. The van der Waals surface area contributed by atoms with Gasteiger partial charge in [0, 0.05) is 43.9 Å². The average Bonchev–Trinajstić information content (AvgIpc) is 3.35. The van der Waals surface area contributed by atoms with E-state index in [1.165, 1.54) is 18.2 Å². The van der Waals surface area contributed by atoms with Crippen molar-refractivity contribution in [3.8, 4) is 17.0 Å². The lowest BCUT2D eigenvalue weighted by molar-refractivity contribution is -0.274. The van der Waals surface area contributed by atoms with Crippen LogP contribution in [0.15, 0.2) is 30.3 Å². The van der Waals surface area contributed by atoms with Crippen LogP contribution in [0.4, 0.5) is 19.0 Å². The summed E-state index contributed by atoms with van der Waals surface area (Å²) in [5.74, 6) is -1.08. The lowest BCUT2D eigenvalue weighted by atomic mass is 9.96. The molecule has 1 aromatic carbocycles. The van der Waals surface area contributed by atoms with Gasteiger partial charge in [-0.2, -0.15) is 5.10 Å². The first-order chi connectivity index (χ1) is 16.2. The van der Waals surface area contributed by atoms with E-state index < -0.39 is 18.2 Å². The number of anilines is 1. The van der Waals surface area contributed by atoms with Gasteiger partial charge in [0.05, 0.1) is 11.6 Å². The Balaban J connectivity index is 1.57. The van der Waals surface area contributed by atoms with Gasteiger partial charge in [-0.1, -0.05) is 19.1 Å². The topological polar surface area (TPSA) is 94.5 Å². The number of amides is 2. The Morgan fingerprint density at radius 1 is 1.29 bits per heavy atom. The standard InChI is InChI=1S/C23H27F3N4O4/c1-14-18(13-27-21(14)31)22(32)28-20-12-19(16-3-2-4-17(11-16)34-23(24,25)26)30(29-20)8-5-15-6-9-33-10-7-15/h2-4,11-12,14-15,18H,5-10,13H2,1H3,(H,27,31)(H,28,29,32)/t14?,18-/m0/s1. The molecular formula is C23H27F3N4O4. The second-order valence-electron chi connectivity index (χ2n) is 8.69. The van der Waals surface area contributed by atoms with Crippen LogP contribution in [0.1, 0.15) is 26.2 Å². The van der Waals surface area contributed by atoms with Crippen LogP contribution in [0.5, 0.6) is 5.75 Å². The number of carbonyl (C=O) groups is 2. The molecule has 0 saturated carbocycles. The van der Waals surface area contributed by atoms with Crippen molar-refractivity contribution >= 4 is 17.6 Å². The van der Waals surface area contributed by atoms with E-state index in [-0.39, 0.29) is 29.9 Å². The molecule has 2 N–H and O–H groups in total. The summed E-state index contributed by atoms with van der Waals surface area (Å²) in [6.45, 7) is 3.89. The second kappa shape index (κ2) is 10.0. The highest BCUT2D eigenvalue weighted by Gasteiger charge is 2.36. The first kappa shape index (κ1) is 24.1. The summed E-state index contributed by atoms with van der Waals surface area (Å²) in [5, 5.41) is 9.95. The minimum absolute atomic E-state index is 0.177. The number of nitrogens with one attached hydrogen (secondary N) is 2. The van der Waals surface area contributed by atoms with Gasteiger partial charge < -0.3 is 20.1 Å². The molecule has 0 radical (unpaired) electrons. The zero-order valence-electron chi connectivity index (χ0n) is 18.7. The van der Waals surface area contributed by atoms with Crippen molar-refractivity contribution in [2.24, 2.45) is 17.8 Å². The number of alkyl halides is 3. The summed E-state index contributed by atoms with van der Waals surface area (Å²) in [5.41, 5.74) is 1.04. The Kier molecular flexibility index (Phi) is 7.11. The van der Waals surface area contributed by atoms with E-state index in [1.54, 1.807) is 23.7 Å². The maximum atomic E-state index is 12.7. The molecule has 2 fully saturated rings. The third-order valence-electron chi connectivity index (χ3n) is 6.33. The predicted octanol–water partition coefficient (Wildman–Crippen LogP) is 3.59. The number of carbonyl (C=O) groups excluding carboxylic acids is 2. The molecule has 2 saturated heterocycles. The molecule has 2 aliphatic rings. The molecule has 2 aliphatic heterocycles. The molecule has 2 atom stereocenters. The molecule has 1 aromatic heterocycles. The summed E-state index contributed by atoms with van der Waals surface area (Å²) in [6.07, 6.45) is -2.10. The molecular weight excluding hydrogens is 453 g/mol. The molecule has 184 valence electrons. The fraction of sp³-hybridized carbons (Fsp3) is 0.522. The van der Waals surface area contributed by atoms with Gasteiger partial charge in [0.2, 0.25) is 11.8 Å². The highest BCUT2D eigenvalue weighted by molar-refractivity contribution is 5.97. The number of nitrogens with zero attached hydrogens (tertiary/aromatic N) is 2. The minimum Gasteiger partial charge on any atom is -0.406 e. The van der Waals surface area contributed by atoms with Crippen LogP contribution >= 0.6 is 0 Å². The van der Waals surface area contributed by atoms with Crippen LogP contribution in [-0.4, -0.2) is 47.7 Å². The van der Waals surface area contributed by atoms with Crippen LogP contribution in [-0.2, 0) is 20.9 Å². The Labute approximate surface area is 194 Å². The first-order valence-electron chi connectivity index (χ1n) is 11.3. The van der Waals surface area contributed by atoms with Gasteiger partial charge >= 0.3 is 6.36 Å². The Morgan fingerprint density at radius 3 is 2.74 bits per heavy atom. The van der Waals surface area contributed by atoms with Crippen molar-refractivity contribution in [2.45, 2.75) is 39.1 Å². The molecule has 3 heterocycles. The molecule has 0 bridgehead atoms. The number of halogens is 3. The molecule has 0 aliphatic carbocycles. The van der Waals surface area contributed by atoms with Crippen molar-refractivity contribution in [2.75, 3.05) is 25.1 Å². The fourth-order valence-electron chi connectivity index (χ4n) is 4.34. The number of hydrogen-bond donors (Lipinski definition) is 2. The van der Waals surface area contributed by atoms with Crippen molar-refractivity contribution in [1.82, 2.24) is 15.1 Å². The number of aryl methyl sites for hydroxylation is 1. The molecule has 8 nitrogen and oxygen atoms in total.